The Bertz CT molecular complexity index is 1030. The highest BCUT2D eigenvalue weighted by atomic mass is 35.5. The van der Waals surface area contributed by atoms with E-state index in [1.165, 1.54) is 18.2 Å². The van der Waals surface area contributed by atoms with Gasteiger partial charge in [0.15, 0.2) is 5.11 Å². The average molecular weight is 385 g/mol. The number of fused-ring (bicyclic) bond motifs is 1. The van der Waals surface area contributed by atoms with Gasteiger partial charge in [0, 0.05) is 10.6 Å². The lowest BCUT2D eigenvalue weighted by Gasteiger charge is -2.13. The maximum absolute atomic E-state index is 12.6. The number of nitrogens with one attached hydrogen (secondary N) is 2. The molecule has 3 rings (SSSR count). The molecular weight excluding hydrogens is 372 g/mol. The van der Waals surface area contributed by atoms with Crippen LogP contribution in [0.2, 0.25) is 5.02 Å². The molecule has 5 nitrogen and oxygen atoms in total. The molecule has 0 saturated carbocycles. The van der Waals surface area contributed by atoms with Crippen LogP contribution in [-0.2, 0) is 0 Å². The van der Waals surface area contributed by atoms with Gasteiger partial charge in [-0.2, -0.15) is 0 Å². The van der Waals surface area contributed by atoms with E-state index in [1.807, 2.05) is 30.3 Å². The van der Waals surface area contributed by atoms with Gasteiger partial charge in [0.05, 0.1) is 11.3 Å². The summed E-state index contributed by atoms with van der Waals surface area (Å²) < 4.78 is 0. The first-order valence-corrected chi connectivity index (χ1v) is 8.37. The van der Waals surface area contributed by atoms with Crippen LogP contribution >= 0.6 is 23.8 Å². The lowest BCUT2D eigenvalue weighted by Crippen LogP contribution is -2.34. The van der Waals surface area contributed by atoms with Crippen molar-refractivity contribution in [3.63, 3.8) is 0 Å². The molecule has 0 atom stereocenters. The van der Waals surface area contributed by atoms with E-state index < -0.39 is 5.97 Å². The predicted molar refractivity (Wildman–Crippen MR) is 106 cm³/mol. The lowest BCUT2D eigenvalue weighted by molar-refractivity contribution is 0.0698. The largest absolute Gasteiger partial charge is 0.478 e. The summed E-state index contributed by atoms with van der Waals surface area (Å²) in [6, 6.07) is 17.2. The minimum atomic E-state index is -1.15. The molecule has 0 aliphatic heterocycles. The van der Waals surface area contributed by atoms with E-state index in [4.69, 9.17) is 23.8 Å². The third-order valence-electron chi connectivity index (χ3n) is 3.72. The zero-order valence-electron chi connectivity index (χ0n) is 13.3. The Morgan fingerprint density at radius 1 is 0.962 bits per heavy atom. The highest BCUT2D eigenvalue weighted by molar-refractivity contribution is 7.80. The Kier molecular flexibility index (Phi) is 5.16. The van der Waals surface area contributed by atoms with Gasteiger partial charge in [0.2, 0.25) is 0 Å². The normalized spacial score (nSPS) is 10.3. The molecule has 0 spiro atoms. The third kappa shape index (κ3) is 3.82. The molecule has 0 heterocycles. The van der Waals surface area contributed by atoms with Crippen LogP contribution in [0.1, 0.15) is 20.7 Å². The molecule has 3 aromatic rings. The van der Waals surface area contributed by atoms with E-state index in [0.717, 1.165) is 10.8 Å². The molecule has 7 heteroatoms. The van der Waals surface area contributed by atoms with Gasteiger partial charge in [-0.05, 0) is 47.3 Å². The fraction of sp³-hybridized carbons (Fsp3) is 0. The van der Waals surface area contributed by atoms with Crippen molar-refractivity contribution in [2.75, 3.05) is 5.32 Å². The summed E-state index contributed by atoms with van der Waals surface area (Å²) in [7, 11) is 0. The van der Waals surface area contributed by atoms with Crippen molar-refractivity contribution in [3.8, 4) is 0 Å². The molecule has 26 heavy (non-hydrogen) atoms. The number of carboxylic acids is 1. The lowest BCUT2D eigenvalue weighted by atomic mass is 10.0. The molecule has 0 aliphatic rings. The number of anilines is 1. The number of hydrogen-bond donors (Lipinski definition) is 3. The highest BCUT2D eigenvalue weighted by Crippen LogP contribution is 2.21. The zero-order valence-corrected chi connectivity index (χ0v) is 14.9. The van der Waals surface area contributed by atoms with Crippen molar-refractivity contribution in [1.82, 2.24) is 5.32 Å². The molecule has 3 N–H and O–H groups in total. The predicted octanol–water partition coefficient (Wildman–Crippen LogP) is 4.32. The first-order valence-electron chi connectivity index (χ1n) is 7.58. The second kappa shape index (κ2) is 7.51. The summed E-state index contributed by atoms with van der Waals surface area (Å²) in [6.07, 6.45) is 0. The van der Waals surface area contributed by atoms with Crippen molar-refractivity contribution in [2.45, 2.75) is 0 Å². The van der Waals surface area contributed by atoms with Gasteiger partial charge in [0.25, 0.3) is 5.91 Å². The van der Waals surface area contributed by atoms with E-state index in [-0.39, 0.29) is 22.3 Å². The number of hydrogen-bond acceptors (Lipinski definition) is 3. The summed E-state index contributed by atoms with van der Waals surface area (Å²) in [5.41, 5.74) is 0.672. The smallest absolute Gasteiger partial charge is 0.337 e. The molecule has 0 aromatic heterocycles. The molecule has 0 aliphatic carbocycles. The second-order valence-electron chi connectivity index (χ2n) is 5.43. The van der Waals surface area contributed by atoms with Crippen LogP contribution in [0.4, 0.5) is 5.69 Å². The van der Waals surface area contributed by atoms with Gasteiger partial charge in [-0.1, -0.05) is 48.0 Å². The first-order chi connectivity index (χ1) is 12.5. The average Bonchev–Trinajstić information content (AvgIpc) is 2.62. The molecule has 1 amide bonds. The summed E-state index contributed by atoms with van der Waals surface area (Å²) >= 11 is 11.0. The number of thiocarbonyl (C=S) groups is 1. The zero-order chi connectivity index (χ0) is 18.7. The van der Waals surface area contributed by atoms with Crippen molar-refractivity contribution in [1.29, 1.82) is 0 Å². The van der Waals surface area contributed by atoms with E-state index in [2.05, 4.69) is 10.6 Å². The summed E-state index contributed by atoms with van der Waals surface area (Å²) in [6.45, 7) is 0. The fourth-order valence-corrected chi connectivity index (χ4v) is 2.92. The number of aromatic carboxylic acids is 1. The van der Waals surface area contributed by atoms with E-state index >= 15 is 0 Å². The number of carboxylic acid groups (broad SMARTS) is 1. The van der Waals surface area contributed by atoms with Crippen LogP contribution < -0.4 is 10.6 Å². The van der Waals surface area contributed by atoms with Gasteiger partial charge in [-0.3, -0.25) is 10.1 Å². The Labute approximate surface area is 159 Å². The van der Waals surface area contributed by atoms with Gasteiger partial charge >= 0.3 is 5.97 Å². The Balaban J connectivity index is 1.80. The summed E-state index contributed by atoms with van der Waals surface area (Å²) in [4.78, 5) is 23.9. The Morgan fingerprint density at radius 2 is 1.69 bits per heavy atom. The monoisotopic (exact) mass is 384 g/mol. The molecule has 3 aromatic carbocycles. The van der Waals surface area contributed by atoms with Crippen LogP contribution in [0.25, 0.3) is 10.8 Å². The number of halogens is 1. The third-order valence-corrected chi connectivity index (χ3v) is 4.16. The molecule has 0 unspecified atom stereocenters. The standard InChI is InChI=1S/C19H13ClN2O3S/c20-12-8-9-16(15(10-12)18(24)25)21-19(26)22-17(23)14-7-3-5-11-4-1-2-6-13(11)14/h1-10H,(H,24,25)(H2,21,22,23,26). The maximum Gasteiger partial charge on any atom is 0.337 e. The van der Waals surface area contributed by atoms with Crippen molar-refractivity contribution >= 4 is 57.3 Å². The van der Waals surface area contributed by atoms with Crippen molar-refractivity contribution in [2.24, 2.45) is 0 Å². The topological polar surface area (TPSA) is 78.4 Å². The van der Waals surface area contributed by atoms with Crippen LogP contribution in [-0.4, -0.2) is 22.1 Å². The maximum atomic E-state index is 12.6. The molecular formula is C19H13ClN2O3S. The number of amides is 1. The molecule has 0 radical (unpaired) electrons. The van der Waals surface area contributed by atoms with Crippen molar-refractivity contribution < 1.29 is 14.7 Å². The molecule has 130 valence electrons. The van der Waals surface area contributed by atoms with Crippen LogP contribution in [0.15, 0.2) is 60.7 Å². The minimum absolute atomic E-state index is 0.00671. The SMILES string of the molecule is O=C(O)c1cc(Cl)ccc1NC(=S)NC(=O)c1cccc2ccccc12. The second-order valence-corrected chi connectivity index (χ2v) is 6.27. The Morgan fingerprint density at radius 3 is 2.46 bits per heavy atom. The number of carbonyl (C=O) groups excluding carboxylic acids is 1. The van der Waals surface area contributed by atoms with Crippen LogP contribution in [0.5, 0.6) is 0 Å². The molecule has 0 bridgehead atoms. The number of rotatable bonds is 3. The molecule has 0 fully saturated rings. The van der Waals surface area contributed by atoms with E-state index in [1.54, 1.807) is 12.1 Å². The minimum Gasteiger partial charge on any atom is -0.478 e. The van der Waals surface area contributed by atoms with Crippen molar-refractivity contribution in [3.05, 3.63) is 76.8 Å². The Hall–Kier alpha value is -2.96. The van der Waals surface area contributed by atoms with Gasteiger partial charge in [0.1, 0.15) is 0 Å². The van der Waals surface area contributed by atoms with Gasteiger partial charge in [-0.25, -0.2) is 4.79 Å². The van der Waals surface area contributed by atoms with Crippen LogP contribution in [0.3, 0.4) is 0 Å². The number of carbonyl (C=O) groups is 2. The van der Waals surface area contributed by atoms with Crippen LogP contribution in [0, 0.1) is 0 Å². The quantitative estimate of drug-likeness (QED) is 0.586. The van der Waals surface area contributed by atoms with E-state index in [0.29, 0.717) is 10.6 Å². The van der Waals surface area contributed by atoms with Gasteiger partial charge in [-0.15, -0.1) is 0 Å². The highest BCUT2D eigenvalue weighted by Gasteiger charge is 2.15. The number of benzene rings is 3. The summed E-state index contributed by atoms with van der Waals surface area (Å²) in [5, 5.41) is 16.6. The first kappa shape index (κ1) is 17.8. The van der Waals surface area contributed by atoms with Gasteiger partial charge < -0.3 is 10.4 Å². The molecule has 0 saturated heterocycles. The summed E-state index contributed by atoms with van der Waals surface area (Å²) in [5.74, 6) is -1.54. The van der Waals surface area contributed by atoms with E-state index in [9.17, 15) is 14.7 Å². The fourth-order valence-electron chi connectivity index (χ4n) is 2.55.